The van der Waals surface area contributed by atoms with E-state index in [1.54, 1.807) is 4.90 Å². The van der Waals surface area contributed by atoms with E-state index in [9.17, 15) is 9.90 Å². The van der Waals surface area contributed by atoms with E-state index in [0.29, 0.717) is 25.7 Å². The minimum Gasteiger partial charge on any atom is -0.465 e. The predicted molar refractivity (Wildman–Crippen MR) is 121 cm³/mol. The number of rotatable bonds is 6. The quantitative estimate of drug-likeness (QED) is 0.686. The number of carbonyl (C=O) groups is 1. The monoisotopic (exact) mass is 444 g/mol. The van der Waals surface area contributed by atoms with Crippen molar-refractivity contribution in [2.24, 2.45) is 10.8 Å². The first-order chi connectivity index (χ1) is 15.2. The summed E-state index contributed by atoms with van der Waals surface area (Å²) in [6.45, 7) is 9.22. The van der Waals surface area contributed by atoms with E-state index in [0.717, 1.165) is 56.8 Å². The smallest absolute Gasteiger partial charge is 0.407 e. The fraction of sp³-hybridized carbons (Fsp3) is 0.783. The molecule has 1 aliphatic carbocycles. The lowest BCUT2D eigenvalue weighted by Gasteiger charge is -2.41. The lowest BCUT2D eigenvalue weighted by atomic mass is 9.96. The Balaban J connectivity index is 1.39. The number of anilines is 1. The number of fused-ring (bicyclic) bond motifs is 3. The van der Waals surface area contributed by atoms with Crippen LogP contribution in [0.25, 0.3) is 0 Å². The predicted octanol–water partition coefficient (Wildman–Crippen LogP) is 1.81. The second-order valence-electron chi connectivity index (χ2n) is 11.0. The molecule has 32 heavy (non-hydrogen) atoms. The van der Waals surface area contributed by atoms with Crippen LogP contribution < -0.4 is 15.0 Å². The van der Waals surface area contributed by atoms with Crippen molar-refractivity contribution >= 4 is 11.9 Å². The molecule has 1 saturated carbocycles. The number of piperazine rings is 1. The Morgan fingerprint density at radius 1 is 1.25 bits per heavy atom. The van der Waals surface area contributed by atoms with Crippen LogP contribution >= 0.6 is 0 Å². The molecule has 4 aliphatic rings. The zero-order valence-corrected chi connectivity index (χ0v) is 19.7. The standard InChI is InChI=1S/C23H36N6O3/c1-22(2)12-23(22,13-27(3)4)14-32-20-25-18-9-24-8-7-17(18)19(26-20)28-10-15-5-6-16(11-28)29(15)21(30)31/h15-16,24H,5-14H2,1-4H3,(H,30,31). The van der Waals surface area contributed by atoms with Gasteiger partial charge in [0.1, 0.15) is 5.82 Å². The van der Waals surface area contributed by atoms with Gasteiger partial charge in [-0.25, -0.2) is 4.79 Å². The molecule has 0 aromatic carbocycles. The number of nitrogens with zero attached hydrogens (tertiary/aromatic N) is 5. The molecule has 3 aliphatic heterocycles. The minimum absolute atomic E-state index is 0.0403. The number of amides is 1. The molecular formula is C23H36N6O3. The normalized spacial score (nSPS) is 30.4. The molecule has 3 unspecified atom stereocenters. The highest BCUT2D eigenvalue weighted by atomic mass is 16.5. The third-order valence-electron chi connectivity index (χ3n) is 8.08. The summed E-state index contributed by atoms with van der Waals surface area (Å²) >= 11 is 0. The van der Waals surface area contributed by atoms with Gasteiger partial charge in [-0.3, -0.25) is 4.90 Å². The van der Waals surface area contributed by atoms with E-state index in [1.165, 1.54) is 5.56 Å². The molecule has 0 radical (unpaired) electrons. The summed E-state index contributed by atoms with van der Waals surface area (Å²) in [5.74, 6) is 0.949. The molecule has 2 N–H and O–H groups in total. The van der Waals surface area contributed by atoms with Crippen molar-refractivity contribution in [3.8, 4) is 6.01 Å². The van der Waals surface area contributed by atoms with Gasteiger partial charge in [0.2, 0.25) is 0 Å². The van der Waals surface area contributed by atoms with Crippen molar-refractivity contribution < 1.29 is 14.6 Å². The summed E-state index contributed by atoms with van der Waals surface area (Å²) in [5, 5.41) is 13.0. The second-order valence-corrected chi connectivity index (χ2v) is 11.0. The van der Waals surface area contributed by atoms with Crippen LogP contribution in [0.1, 0.15) is 44.4 Å². The first-order valence-electron chi connectivity index (χ1n) is 11.8. The van der Waals surface area contributed by atoms with Gasteiger partial charge < -0.3 is 25.0 Å². The highest BCUT2D eigenvalue weighted by molar-refractivity contribution is 5.67. The highest BCUT2D eigenvalue weighted by Crippen LogP contribution is 2.63. The molecule has 3 fully saturated rings. The molecule has 9 nitrogen and oxygen atoms in total. The Labute approximate surface area is 190 Å². The van der Waals surface area contributed by atoms with Gasteiger partial charge in [-0.1, -0.05) is 13.8 Å². The molecule has 5 rings (SSSR count). The number of nitrogens with one attached hydrogen (secondary N) is 1. The van der Waals surface area contributed by atoms with Crippen LogP contribution in [-0.4, -0.2) is 89.9 Å². The van der Waals surface area contributed by atoms with Crippen molar-refractivity contribution in [3.63, 3.8) is 0 Å². The molecule has 3 atom stereocenters. The van der Waals surface area contributed by atoms with E-state index in [4.69, 9.17) is 14.7 Å². The lowest BCUT2D eigenvalue weighted by molar-refractivity contribution is 0.114. The summed E-state index contributed by atoms with van der Waals surface area (Å²) in [5.41, 5.74) is 2.58. The number of carboxylic acid groups (broad SMARTS) is 1. The van der Waals surface area contributed by atoms with Crippen LogP contribution in [-0.2, 0) is 13.0 Å². The zero-order valence-electron chi connectivity index (χ0n) is 19.7. The molecular weight excluding hydrogens is 408 g/mol. The Bertz CT molecular complexity index is 892. The summed E-state index contributed by atoms with van der Waals surface area (Å²) in [7, 11) is 4.22. The lowest BCUT2D eigenvalue weighted by Crippen LogP contribution is -2.56. The minimum atomic E-state index is -0.798. The molecule has 176 valence electrons. The summed E-state index contributed by atoms with van der Waals surface area (Å²) < 4.78 is 6.29. The van der Waals surface area contributed by atoms with Crippen LogP contribution in [0, 0.1) is 10.8 Å². The van der Waals surface area contributed by atoms with Crippen LogP contribution in [0.4, 0.5) is 10.6 Å². The fourth-order valence-corrected chi connectivity index (χ4v) is 6.20. The fourth-order valence-electron chi connectivity index (χ4n) is 6.20. The third kappa shape index (κ3) is 3.69. The van der Waals surface area contributed by atoms with Gasteiger partial charge in [0, 0.05) is 37.2 Å². The molecule has 2 bridgehead atoms. The van der Waals surface area contributed by atoms with Gasteiger partial charge in [0.05, 0.1) is 24.4 Å². The van der Waals surface area contributed by atoms with E-state index in [1.807, 2.05) is 0 Å². The second kappa shape index (κ2) is 7.73. The summed E-state index contributed by atoms with van der Waals surface area (Å²) in [6, 6.07) is 0.536. The van der Waals surface area contributed by atoms with Crippen molar-refractivity contribution in [2.75, 3.05) is 51.8 Å². The maximum absolute atomic E-state index is 11.7. The topological polar surface area (TPSA) is 94.1 Å². The molecule has 9 heteroatoms. The number of hydrogen-bond donors (Lipinski definition) is 2. The molecule has 1 amide bonds. The molecule has 0 spiro atoms. The van der Waals surface area contributed by atoms with Gasteiger partial charge in [-0.2, -0.15) is 9.97 Å². The number of hydrogen-bond acceptors (Lipinski definition) is 7. The Hall–Kier alpha value is -2.13. The first-order valence-corrected chi connectivity index (χ1v) is 11.8. The van der Waals surface area contributed by atoms with Gasteiger partial charge in [0.15, 0.2) is 0 Å². The van der Waals surface area contributed by atoms with E-state index >= 15 is 0 Å². The third-order valence-corrected chi connectivity index (χ3v) is 8.08. The van der Waals surface area contributed by atoms with E-state index < -0.39 is 6.09 Å². The zero-order chi connectivity index (χ0) is 22.7. The maximum atomic E-state index is 11.7. The van der Waals surface area contributed by atoms with Crippen LogP contribution in [0.2, 0.25) is 0 Å². The summed E-state index contributed by atoms with van der Waals surface area (Å²) in [6.07, 6.45) is 3.07. The molecule has 4 heterocycles. The largest absolute Gasteiger partial charge is 0.465 e. The van der Waals surface area contributed by atoms with Gasteiger partial charge >= 0.3 is 12.1 Å². The number of ether oxygens (including phenoxy) is 1. The molecule has 1 aromatic rings. The SMILES string of the molecule is CN(C)CC1(COc2nc3c(c(N4CC5CCC(C4)N5C(=O)O)n2)CCNC3)CC1(C)C. The molecule has 2 saturated heterocycles. The van der Waals surface area contributed by atoms with Gasteiger partial charge in [-0.05, 0) is 51.7 Å². The Kier molecular flexibility index (Phi) is 5.24. The van der Waals surface area contributed by atoms with Crippen LogP contribution in [0.5, 0.6) is 6.01 Å². The first kappa shape index (κ1) is 21.7. The molecule has 1 aromatic heterocycles. The van der Waals surface area contributed by atoms with Gasteiger partial charge in [0.25, 0.3) is 0 Å². The Morgan fingerprint density at radius 2 is 1.94 bits per heavy atom. The van der Waals surface area contributed by atoms with Gasteiger partial charge in [-0.15, -0.1) is 0 Å². The van der Waals surface area contributed by atoms with Crippen molar-refractivity contribution in [2.45, 2.75) is 58.2 Å². The van der Waals surface area contributed by atoms with Crippen molar-refractivity contribution in [3.05, 3.63) is 11.3 Å². The van der Waals surface area contributed by atoms with Crippen molar-refractivity contribution in [1.82, 2.24) is 25.1 Å². The average molecular weight is 445 g/mol. The van der Waals surface area contributed by atoms with E-state index in [2.05, 4.69) is 43.1 Å². The van der Waals surface area contributed by atoms with Crippen molar-refractivity contribution in [1.29, 1.82) is 0 Å². The summed E-state index contributed by atoms with van der Waals surface area (Å²) in [4.78, 5) is 27.6. The maximum Gasteiger partial charge on any atom is 0.407 e. The van der Waals surface area contributed by atoms with Crippen LogP contribution in [0.15, 0.2) is 0 Å². The average Bonchev–Trinajstić information content (AvgIpc) is 3.15. The number of aromatic nitrogens is 2. The highest BCUT2D eigenvalue weighted by Gasteiger charge is 2.61. The Morgan fingerprint density at radius 3 is 2.53 bits per heavy atom. The van der Waals surface area contributed by atoms with Crippen LogP contribution in [0.3, 0.4) is 0 Å². The van der Waals surface area contributed by atoms with E-state index in [-0.39, 0.29) is 22.9 Å².